The van der Waals surface area contributed by atoms with E-state index in [4.69, 9.17) is 0 Å². The van der Waals surface area contributed by atoms with Crippen molar-refractivity contribution in [3.8, 4) is 0 Å². The lowest BCUT2D eigenvalue weighted by atomic mass is 10.2. The summed E-state index contributed by atoms with van der Waals surface area (Å²) < 4.78 is 4.08. The summed E-state index contributed by atoms with van der Waals surface area (Å²) in [5.41, 5.74) is 2.34. The van der Waals surface area contributed by atoms with Crippen LogP contribution < -0.4 is 10.2 Å². The Balaban J connectivity index is 2.07. The summed E-state index contributed by atoms with van der Waals surface area (Å²) in [5, 5.41) is 2.82. The van der Waals surface area contributed by atoms with Crippen LogP contribution in [-0.4, -0.2) is 24.4 Å². The van der Waals surface area contributed by atoms with Crippen LogP contribution in [0.5, 0.6) is 0 Å². The molecule has 2 rings (SSSR count). The number of rotatable bonds is 3. The van der Waals surface area contributed by atoms with Crippen LogP contribution in [0.25, 0.3) is 0 Å². The molecule has 0 unspecified atom stereocenters. The second-order valence-electron chi connectivity index (χ2n) is 4.22. The maximum atomic E-state index is 11.9. The molecule has 1 aromatic heterocycles. The topological polar surface area (TPSA) is 45.2 Å². The number of aryl methyl sites for hydroxylation is 1. The molecule has 0 atom stereocenters. The second-order valence-corrected chi connectivity index (χ2v) is 5.23. The van der Waals surface area contributed by atoms with Crippen molar-refractivity contribution >= 4 is 28.8 Å². The lowest BCUT2D eigenvalue weighted by Gasteiger charge is -2.12. The largest absolute Gasteiger partial charge is 0.378 e. The Morgan fingerprint density at radius 3 is 2.44 bits per heavy atom. The highest BCUT2D eigenvalue weighted by molar-refractivity contribution is 7.05. The van der Waals surface area contributed by atoms with E-state index in [1.54, 1.807) is 6.07 Å². The Morgan fingerprint density at radius 1 is 1.28 bits per heavy atom. The van der Waals surface area contributed by atoms with Crippen molar-refractivity contribution in [1.29, 1.82) is 0 Å². The van der Waals surface area contributed by atoms with Crippen molar-refractivity contribution in [3.63, 3.8) is 0 Å². The number of anilines is 2. The third-order valence-electron chi connectivity index (χ3n) is 2.50. The van der Waals surface area contributed by atoms with Gasteiger partial charge in [0.15, 0.2) is 0 Å². The summed E-state index contributed by atoms with van der Waals surface area (Å²) in [6.07, 6.45) is 0. The van der Waals surface area contributed by atoms with Crippen LogP contribution in [0, 0.1) is 6.92 Å². The molecule has 2 aromatic rings. The quantitative estimate of drug-likeness (QED) is 0.924. The molecule has 0 aliphatic carbocycles. The summed E-state index contributed by atoms with van der Waals surface area (Å²) in [4.78, 5) is 14.9. The van der Waals surface area contributed by atoms with E-state index in [0.29, 0.717) is 5.69 Å². The van der Waals surface area contributed by atoms with Gasteiger partial charge in [-0.05, 0) is 48.8 Å². The lowest BCUT2D eigenvalue weighted by Crippen LogP contribution is -2.12. The highest BCUT2D eigenvalue weighted by Gasteiger charge is 2.09. The van der Waals surface area contributed by atoms with Crippen LogP contribution in [0.15, 0.2) is 30.3 Å². The standard InChI is InChI=1S/C13H15N3OS/c1-9-8-12(15-18-9)13(17)14-10-4-6-11(7-5-10)16(2)3/h4-8H,1-3H3,(H,14,17). The number of hydrogen-bond acceptors (Lipinski definition) is 4. The molecule has 0 radical (unpaired) electrons. The second kappa shape index (κ2) is 5.18. The Labute approximate surface area is 110 Å². The molecule has 0 bridgehead atoms. The van der Waals surface area contributed by atoms with Crippen molar-refractivity contribution in [2.45, 2.75) is 6.92 Å². The monoisotopic (exact) mass is 261 g/mol. The van der Waals surface area contributed by atoms with Gasteiger partial charge in [0.2, 0.25) is 0 Å². The van der Waals surface area contributed by atoms with Crippen LogP contribution in [-0.2, 0) is 0 Å². The first-order valence-electron chi connectivity index (χ1n) is 5.58. The predicted octanol–water partition coefficient (Wildman–Crippen LogP) is 2.77. The van der Waals surface area contributed by atoms with Crippen molar-refractivity contribution in [1.82, 2.24) is 4.37 Å². The molecule has 18 heavy (non-hydrogen) atoms. The molecule has 1 heterocycles. The van der Waals surface area contributed by atoms with Gasteiger partial charge in [-0.25, -0.2) is 0 Å². The molecule has 0 aliphatic rings. The van der Waals surface area contributed by atoms with Gasteiger partial charge in [-0.2, -0.15) is 4.37 Å². The van der Waals surface area contributed by atoms with Crippen molar-refractivity contribution in [3.05, 3.63) is 40.9 Å². The van der Waals surface area contributed by atoms with Crippen LogP contribution >= 0.6 is 11.5 Å². The van der Waals surface area contributed by atoms with Crippen LogP contribution in [0.2, 0.25) is 0 Å². The zero-order valence-electron chi connectivity index (χ0n) is 10.6. The number of nitrogens with zero attached hydrogens (tertiary/aromatic N) is 2. The van der Waals surface area contributed by atoms with Gasteiger partial charge in [-0.15, -0.1) is 0 Å². The van der Waals surface area contributed by atoms with Gasteiger partial charge in [-0.1, -0.05) is 0 Å². The van der Waals surface area contributed by atoms with Crippen LogP contribution in [0.4, 0.5) is 11.4 Å². The number of amides is 1. The maximum absolute atomic E-state index is 11.9. The summed E-state index contributed by atoms with van der Waals surface area (Å²) in [5.74, 6) is -0.169. The number of hydrogen-bond donors (Lipinski definition) is 1. The highest BCUT2D eigenvalue weighted by atomic mass is 32.1. The SMILES string of the molecule is Cc1cc(C(=O)Nc2ccc(N(C)C)cc2)ns1. The van der Waals surface area contributed by atoms with E-state index in [1.165, 1.54) is 11.5 Å². The van der Waals surface area contributed by atoms with Crippen molar-refractivity contribution in [2.24, 2.45) is 0 Å². The summed E-state index contributed by atoms with van der Waals surface area (Å²) in [7, 11) is 3.96. The number of benzene rings is 1. The summed E-state index contributed by atoms with van der Waals surface area (Å²) in [6, 6.07) is 9.47. The molecule has 1 amide bonds. The molecule has 1 N–H and O–H groups in total. The zero-order chi connectivity index (χ0) is 13.1. The number of aromatic nitrogens is 1. The lowest BCUT2D eigenvalue weighted by molar-refractivity contribution is 0.102. The molecule has 0 fully saturated rings. The van der Waals surface area contributed by atoms with E-state index in [2.05, 4.69) is 9.69 Å². The third kappa shape index (κ3) is 2.87. The minimum Gasteiger partial charge on any atom is -0.378 e. The zero-order valence-corrected chi connectivity index (χ0v) is 11.4. The third-order valence-corrected chi connectivity index (χ3v) is 3.20. The van der Waals surface area contributed by atoms with Crippen LogP contribution in [0.1, 0.15) is 15.4 Å². The van der Waals surface area contributed by atoms with E-state index in [0.717, 1.165) is 16.3 Å². The molecule has 1 aromatic carbocycles. The molecule has 0 saturated heterocycles. The van der Waals surface area contributed by atoms with E-state index < -0.39 is 0 Å². The molecule has 0 aliphatic heterocycles. The first-order valence-corrected chi connectivity index (χ1v) is 6.35. The molecule has 94 valence electrons. The van der Waals surface area contributed by atoms with Gasteiger partial charge >= 0.3 is 0 Å². The first kappa shape index (κ1) is 12.6. The Kier molecular flexibility index (Phi) is 3.62. The Hall–Kier alpha value is -1.88. The Morgan fingerprint density at radius 2 is 1.94 bits per heavy atom. The van der Waals surface area contributed by atoms with E-state index in [-0.39, 0.29) is 5.91 Å². The molecule has 4 nitrogen and oxygen atoms in total. The van der Waals surface area contributed by atoms with E-state index in [1.807, 2.05) is 50.2 Å². The van der Waals surface area contributed by atoms with Gasteiger partial charge in [-0.3, -0.25) is 4.79 Å². The minimum absolute atomic E-state index is 0.169. The summed E-state index contributed by atoms with van der Waals surface area (Å²) >= 11 is 1.33. The van der Waals surface area contributed by atoms with Crippen molar-refractivity contribution in [2.75, 3.05) is 24.3 Å². The highest BCUT2D eigenvalue weighted by Crippen LogP contribution is 2.17. The molecule has 0 spiro atoms. The number of carbonyl (C=O) groups excluding carboxylic acids is 1. The van der Waals surface area contributed by atoms with Crippen LogP contribution in [0.3, 0.4) is 0 Å². The van der Waals surface area contributed by atoms with Gasteiger partial charge in [0.1, 0.15) is 5.69 Å². The minimum atomic E-state index is -0.169. The Bertz CT molecular complexity index is 546. The smallest absolute Gasteiger partial charge is 0.275 e. The molecular weight excluding hydrogens is 246 g/mol. The predicted molar refractivity (Wildman–Crippen MR) is 75.6 cm³/mol. The van der Waals surface area contributed by atoms with Gasteiger partial charge in [0.05, 0.1) is 0 Å². The van der Waals surface area contributed by atoms with E-state index >= 15 is 0 Å². The van der Waals surface area contributed by atoms with Crippen molar-refractivity contribution < 1.29 is 4.79 Å². The first-order chi connectivity index (χ1) is 8.56. The molecule has 0 saturated carbocycles. The molecule has 5 heteroatoms. The average Bonchev–Trinajstić information content (AvgIpc) is 2.76. The fraction of sp³-hybridized carbons (Fsp3) is 0.231. The fourth-order valence-corrected chi connectivity index (χ4v) is 2.05. The number of carbonyl (C=O) groups is 1. The molecular formula is C13H15N3OS. The van der Waals surface area contributed by atoms with Gasteiger partial charge in [0.25, 0.3) is 5.91 Å². The fourth-order valence-electron chi connectivity index (χ4n) is 1.51. The summed E-state index contributed by atoms with van der Waals surface area (Å²) in [6.45, 7) is 1.93. The number of nitrogens with one attached hydrogen (secondary N) is 1. The normalized spacial score (nSPS) is 10.2. The average molecular weight is 261 g/mol. The van der Waals surface area contributed by atoms with E-state index in [9.17, 15) is 4.79 Å². The maximum Gasteiger partial charge on any atom is 0.275 e. The van der Waals surface area contributed by atoms with Gasteiger partial charge < -0.3 is 10.2 Å². The van der Waals surface area contributed by atoms with Gasteiger partial charge in [0, 0.05) is 30.3 Å².